The van der Waals surface area contributed by atoms with E-state index in [-0.39, 0.29) is 6.03 Å². The van der Waals surface area contributed by atoms with Gasteiger partial charge < -0.3 is 10.2 Å². The van der Waals surface area contributed by atoms with Crippen molar-refractivity contribution in [3.05, 3.63) is 59.6 Å². The van der Waals surface area contributed by atoms with E-state index in [4.69, 9.17) is 11.6 Å². The second-order valence-electron chi connectivity index (χ2n) is 6.86. The summed E-state index contributed by atoms with van der Waals surface area (Å²) < 4.78 is 0. The van der Waals surface area contributed by atoms with Gasteiger partial charge in [0.2, 0.25) is 0 Å². The first kappa shape index (κ1) is 19.0. The monoisotopic (exact) mass is 388 g/mol. The molecular formula is C19H21ClN4O3. The number of para-hydroxylation sites is 1. The van der Waals surface area contributed by atoms with Gasteiger partial charge in [-0.2, -0.15) is 5.06 Å². The maximum atomic E-state index is 12.9. The minimum Gasteiger partial charge on any atom is -0.318 e. The van der Waals surface area contributed by atoms with Gasteiger partial charge in [-0.3, -0.25) is 10.1 Å². The predicted octanol–water partition coefficient (Wildman–Crippen LogP) is 4.24. The van der Waals surface area contributed by atoms with Gasteiger partial charge in [0.15, 0.2) is 6.17 Å². The maximum absolute atomic E-state index is 12.9. The smallest absolute Gasteiger partial charge is 0.318 e. The summed E-state index contributed by atoms with van der Waals surface area (Å²) in [5.41, 5.74) is 0.216. The maximum Gasteiger partial charge on any atom is 0.347 e. The Morgan fingerprint density at radius 1 is 1.15 bits per heavy atom. The molecule has 0 radical (unpaired) electrons. The highest BCUT2D eigenvalue weighted by Gasteiger charge is 2.54. The molecule has 0 bridgehead atoms. The molecule has 142 valence electrons. The van der Waals surface area contributed by atoms with E-state index < -0.39 is 17.7 Å². The fourth-order valence-corrected chi connectivity index (χ4v) is 3.20. The van der Waals surface area contributed by atoms with Crippen molar-refractivity contribution in [1.29, 1.82) is 0 Å². The van der Waals surface area contributed by atoms with Gasteiger partial charge in [-0.25, -0.2) is 9.59 Å². The zero-order valence-corrected chi connectivity index (χ0v) is 16.0. The Hall–Kier alpha value is -2.77. The van der Waals surface area contributed by atoms with Gasteiger partial charge in [0, 0.05) is 23.4 Å². The number of rotatable bonds is 3. The van der Waals surface area contributed by atoms with Gasteiger partial charge in [-0.05, 0) is 50.2 Å². The molecule has 2 aromatic carbocycles. The highest BCUT2D eigenvalue weighted by atomic mass is 35.5. The lowest BCUT2D eigenvalue weighted by molar-refractivity contribution is -0.0932. The first-order valence-corrected chi connectivity index (χ1v) is 8.78. The number of amides is 4. The Bertz CT molecular complexity index is 842. The number of anilines is 2. The van der Waals surface area contributed by atoms with E-state index in [1.54, 1.807) is 69.4 Å². The molecule has 1 fully saturated rings. The number of urea groups is 2. The molecule has 2 N–H and O–H groups in total. The lowest BCUT2D eigenvalue weighted by Gasteiger charge is -2.37. The molecule has 1 unspecified atom stereocenters. The molecule has 0 aromatic heterocycles. The number of hydrogen-bond acceptors (Lipinski definition) is 3. The third-order valence-electron chi connectivity index (χ3n) is 4.80. The number of likely N-dealkylation sites (N-methyl/N-ethyl adjacent to an activating group) is 1. The van der Waals surface area contributed by atoms with Crippen molar-refractivity contribution in [2.24, 2.45) is 0 Å². The molecule has 1 atom stereocenters. The topological polar surface area (TPSA) is 76.1 Å². The van der Waals surface area contributed by atoms with Crippen LogP contribution in [0, 0.1) is 0 Å². The van der Waals surface area contributed by atoms with Crippen LogP contribution in [-0.2, 0) is 0 Å². The van der Waals surface area contributed by atoms with Crippen LogP contribution >= 0.6 is 11.6 Å². The minimum atomic E-state index is -0.945. The standard InChI is InChI=1S/C19H21ClN4O3/c1-19(2)16(24(27)17(25)21-14-7-5-4-6-8-14)23(18(26)22(19)3)15-11-9-13(20)10-12-15/h4-12,16,27H,1-3H3,(H,21,25). The first-order chi connectivity index (χ1) is 12.7. The molecule has 3 rings (SSSR count). The molecule has 4 amide bonds. The van der Waals surface area contributed by atoms with E-state index in [0.717, 1.165) is 0 Å². The van der Waals surface area contributed by atoms with Crippen LogP contribution < -0.4 is 10.2 Å². The molecular weight excluding hydrogens is 368 g/mol. The molecule has 0 aliphatic carbocycles. The lowest BCUT2D eigenvalue weighted by atomic mass is 10.0. The molecule has 0 saturated carbocycles. The lowest BCUT2D eigenvalue weighted by Crippen LogP contribution is -2.57. The highest BCUT2D eigenvalue weighted by molar-refractivity contribution is 6.30. The van der Waals surface area contributed by atoms with Crippen molar-refractivity contribution in [3.63, 3.8) is 0 Å². The Balaban J connectivity index is 1.94. The van der Waals surface area contributed by atoms with E-state index in [2.05, 4.69) is 5.32 Å². The second kappa shape index (κ2) is 7.09. The number of carbonyl (C=O) groups excluding carboxylic acids is 2. The van der Waals surface area contributed by atoms with Gasteiger partial charge in [-0.1, -0.05) is 29.8 Å². The highest BCUT2D eigenvalue weighted by Crippen LogP contribution is 2.37. The van der Waals surface area contributed by atoms with Crippen LogP contribution in [0.1, 0.15) is 13.8 Å². The average molecular weight is 389 g/mol. The van der Waals surface area contributed by atoms with Crippen molar-refractivity contribution in [2.75, 3.05) is 17.3 Å². The van der Waals surface area contributed by atoms with Crippen molar-refractivity contribution in [2.45, 2.75) is 25.6 Å². The van der Waals surface area contributed by atoms with Crippen LogP contribution in [0.25, 0.3) is 0 Å². The zero-order chi connectivity index (χ0) is 19.8. The predicted molar refractivity (Wildman–Crippen MR) is 104 cm³/mol. The Morgan fingerprint density at radius 2 is 1.74 bits per heavy atom. The average Bonchev–Trinajstić information content (AvgIpc) is 2.82. The third-order valence-corrected chi connectivity index (χ3v) is 5.06. The number of nitrogens with zero attached hydrogens (tertiary/aromatic N) is 3. The number of nitrogens with one attached hydrogen (secondary N) is 1. The molecule has 1 aliphatic rings. The molecule has 27 heavy (non-hydrogen) atoms. The number of hydroxylamine groups is 2. The minimum absolute atomic E-state index is 0.334. The summed E-state index contributed by atoms with van der Waals surface area (Å²) in [6.45, 7) is 3.56. The Morgan fingerprint density at radius 3 is 2.33 bits per heavy atom. The molecule has 0 spiro atoms. The summed E-state index contributed by atoms with van der Waals surface area (Å²) in [6.07, 6.45) is -0.945. The Kier molecular flexibility index (Phi) is 4.99. The Labute approximate surface area is 162 Å². The summed E-state index contributed by atoms with van der Waals surface area (Å²) >= 11 is 5.94. The summed E-state index contributed by atoms with van der Waals surface area (Å²) in [4.78, 5) is 28.3. The number of carbonyl (C=O) groups is 2. The van der Waals surface area contributed by atoms with Gasteiger partial charge in [-0.15, -0.1) is 0 Å². The van der Waals surface area contributed by atoms with Crippen molar-refractivity contribution in [1.82, 2.24) is 9.96 Å². The molecule has 1 heterocycles. The fourth-order valence-electron chi connectivity index (χ4n) is 3.08. The SMILES string of the molecule is CN1C(=O)N(c2ccc(Cl)cc2)C(N(O)C(=O)Nc2ccccc2)C1(C)C. The van der Waals surface area contributed by atoms with Crippen LogP contribution in [0.2, 0.25) is 5.02 Å². The van der Waals surface area contributed by atoms with Crippen LogP contribution in [0.4, 0.5) is 21.0 Å². The van der Waals surface area contributed by atoms with Gasteiger partial charge >= 0.3 is 12.1 Å². The van der Waals surface area contributed by atoms with Crippen molar-refractivity contribution < 1.29 is 14.8 Å². The van der Waals surface area contributed by atoms with E-state index in [1.807, 2.05) is 6.07 Å². The first-order valence-electron chi connectivity index (χ1n) is 8.40. The molecule has 7 nitrogen and oxygen atoms in total. The number of hydrogen-bond donors (Lipinski definition) is 2. The van der Waals surface area contributed by atoms with E-state index in [0.29, 0.717) is 21.5 Å². The van der Waals surface area contributed by atoms with Crippen LogP contribution in [0.5, 0.6) is 0 Å². The second-order valence-corrected chi connectivity index (χ2v) is 7.29. The van der Waals surface area contributed by atoms with Crippen LogP contribution in [0.3, 0.4) is 0 Å². The molecule has 2 aromatic rings. The normalized spacial score (nSPS) is 18.6. The van der Waals surface area contributed by atoms with Gasteiger partial charge in [0.25, 0.3) is 0 Å². The zero-order valence-electron chi connectivity index (χ0n) is 15.3. The number of benzene rings is 2. The fraction of sp³-hybridized carbons (Fsp3) is 0.263. The van der Waals surface area contributed by atoms with Gasteiger partial charge in [0.1, 0.15) is 0 Å². The third kappa shape index (κ3) is 3.43. The molecule has 1 saturated heterocycles. The van der Waals surface area contributed by atoms with E-state index in [9.17, 15) is 14.8 Å². The molecule has 1 aliphatic heterocycles. The summed E-state index contributed by atoms with van der Waals surface area (Å²) in [5, 5.41) is 14.4. The van der Waals surface area contributed by atoms with Gasteiger partial charge in [0.05, 0.1) is 5.54 Å². The molecule has 8 heteroatoms. The van der Waals surface area contributed by atoms with Crippen molar-refractivity contribution in [3.8, 4) is 0 Å². The van der Waals surface area contributed by atoms with E-state index >= 15 is 0 Å². The van der Waals surface area contributed by atoms with E-state index in [1.165, 1.54) is 9.80 Å². The van der Waals surface area contributed by atoms with Crippen molar-refractivity contribution >= 4 is 35.0 Å². The van der Waals surface area contributed by atoms with Crippen LogP contribution in [0.15, 0.2) is 54.6 Å². The largest absolute Gasteiger partial charge is 0.347 e. The summed E-state index contributed by atoms with van der Waals surface area (Å²) in [5.74, 6) is 0. The summed E-state index contributed by atoms with van der Waals surface area (Å²) in [7, 11) is 1.63. The summed E-state index contributed by atoms with van der Waals surface area (Å²) in [6, 6.07) is 14.4. The number of halogens is 1. The van der Waals surface area contributed by atoms with Crippen LogP contribution in [-0.4, -0.2) is 46.0 Å². The quantitative estimate of drug-likeness (QED) is 0.610.